The summed E-state index contributed by atoms with van der Waals surface area (Å²) in [6, 6.07) is 16.3. The molecule has 1 fully saturated rings. The molecule has 2 heterocycles. The van der Waals surface area contributed by atoms with E-state index >= 15 is 0 Å². The number of benzene rings is 2. The van der Waals surface area contributed by atoms with Crippen LogP contribution in [0.5, 0.6) is 11.6 Å². The third kappa shape index (κ3) is 4.45. The molecule has 1 saturated heterocycles. The third-order valence-electron chi connectivity index (χ3n) is 5.74. The summed E-state index contributed by atoms with van der Waals surface area (Å²) in [7, 11) is 0. The van der Waals surface area contributed by atoms with Crippen LogP contribution < -0.4 is 10.5 Å². The molecule has 0 spiro atoms. The van der Waals surface area contributed by atoms with Gasteiger partial charge in [0.25, 0.3) is 0 Å². The second kappa shape index (κ2) is 8.81. The average molecular weight is 405 g/mol. The van der Waals surface area contributed by atoms with E-state index in [9.17, 15) is 4.79 Å². The van der Waals surface area contributed by atoms with E-state index in [1.54, 1.807) is 12.1 Å². The van der Waals surface area contributed by atoms with Crippen LogP contribution in [0.4, 0.5) is 0 Å². The molecule has 3 aromatic rings. The SMILES string of the molecule is CC(C)N1CCN(Cc2ccc(Oc3ccc(C(N)=O)cn3)c3ccccc23)CC1. The van der Waals surface area contributed by atoms with Crippen LogP contribution in [0.1, 0.15) is 29.8 Å². The van der Waals surface area contributed by atoms with Crippen LogP contribution in [0.15, 0.2) is 54.7 Å². The van der Waals surface area contributed by atoms with Crippen molar-refractivity contribution in [1.82, 2.24) is 14.8 Å². The van der Waals surface area contributed by atoms with Gasteiger partial charge in [-0.3, -0.25) is 14.6 Å². The van der Waals surface area contributed by atoms with Crippen LogP contribution in [0, 0.1) is 0 Å². The lowest BCUT2D eigenvalue weighted by molar-refractivity contribution is 0.1000. The van der Waals surface area contributed by atoms with E-state index in [1.165, 1.54) is 17.1 Å². The number of primary amides is 1. The van der Waals surface area contributed by atoms with Crippen molar-refractivity contribution in [2.75, 3.05) is 26.2 Å². The lowest BCUT2D eigenvalue weighted by atomic mass is 10.0. The maximum Gasteiger partial charge on any atom is 0.250 e. The fraction of sp³-hybridized carbons (Fsp3) is 0.333. The minimum atomic E-state index is -0.502. The molecule has 2 aromatic carbocycles. The summed E-state index contributed by atoms with van der Waals surface area (Å²) in [5.41, 5.74) is 6.94. The zero-order valence-electron chi connectivity index (χ0n) is 17.5. The molecule has 0 atom stereocenters. The van der Waals surface area contributed by atoms with Gasteiger partial charge in [-0.15, -0.1) is 0 Å². The molecule has 6 nitrogen and oxygen atoms in total. The number of hydrogen-bond acceptors (Lipinski definition) is 5. The van der Waals surface area contributed by atoms with Gasteiger partial charge in [0.15, 0.2) is 0 Å². The van der Waals surface area contributed by atoms with Crippen LogP contribution >= 0.6 is 0 Å². The molecular weight excluding hydrogens is 376 g/mol. The second-order valence-corrected chi connectivity index (χ2v) is 8.03. The summed E-state index contributed by atoms with van der Waals surface area (Å²) >= 11 is 0. The Kier molecular flexibility index (Phi) is 5.97. The van der Waals surface area contributed by atoms with Crippen LogP contribution in [0.2, 0.25) is 0 Å². The highest BCUT2D eigenvalue weighted by Crippen LogP contribution is 2.32. The largest absolute Gasteiger partial charge is 0.438 e. The molecule has 2 N–H and O–H groups in total. The van der Waals surface area contributed by atoms with E-state index in [0.717, 1.165) is 43.9 Å². The number of rotatable bonds is 6. The normalized spacial score (nSPS) is 15.6. The van der Waals surface area contributed by atoms with Crippen molar-refractivity contribution in [2.24, 2.45) is 5.73 Å². The predicted octanol–water partition coefficient (Wildman–Crippen LogP) is 3.65. The number of pyridine rings is 1. The predicted molar refractivity (Wildman–Crippen MR) is 119 cm³/mol. The van der Waals surface area contributed by atoms with Crippen molar-refractivity contribution in [3.05, 3.63) is 65.9 Å². The highest BCUT2D eigenvalue weighted by atomic mass is 16.5. The topological polar surface area (TPSA) is 71.7 Å². The Hall–Kier alpha value is -2.96. The molecule has 4 rings (SSSR count). The van der Waals surface area contributed by atoms with Crippen molar-refractivity contribution in [2.45, 2.75) is 26.4 Å². The number of piperazine rings is 1. The van der Waals surface area contributed by atoms with E-state index < -0.39 is 5.91 Å². The van der Waals surface area contributed by atoms with Crippen LogP contribution in [0.3, 0.4) is 0 Å². The van der Waals surface area contributed by atoms with E-state index in [2.05, 4.69) is 52.9 Å². The molecule has 0 bridgehead atoms. The molecule has 0 radical (unpaired) electrons. The van der Waals surface area contributed by atoms with E-state index in [4.69, 9.17) is 10.5 Å². The number of carbonyl (C=O) groups excluding carboxylic acids is 1. The first-order valence-electron chi connectivity index (χ1n) is 10.4. The van der Waals surface area contributed by atoms with Crippen LogP contribution in [-0.2, 0) is 6.54 Å². The Morgan fingerprint density at radius 1 is 1.03 bits per heavy atom. The minimum absolute atomic E-state index is 0.361. The Morgan fingerprint density at radius 3 is 2.40 bits per heavy atom. The van der Waals surface area contributed by atoms with Crippen molar-refractivity contribution >= 4 is 16.7 Å². The van der Waals surface area contributed by atoms with Gasteiger partial charge in [0.05, 0.1) is 5.56 Å². The molecule has 6 heteroatoms. The molecule has 156 valence electrons. The number of carbonyl (C=O) groups is 1. The first-order valence-corrected chi connectivity index (χ1v) is 10.4. The third-order valence-corrected chi connectivity index (χ3v) is 5.74. The first kappa shape index (κ1) is 20.3. The minimum Gasteiger partial charge on any atom is -0.438 e. The summed E-state index contributed by atoms with van der Waals surface area (Å²) < 4.78 is 6.03. The first-order chi connectivity index (χ1) is 14.5. The molecule has 1 aromatic heterocycles. The lowest BCUT2D eigenvalue weighted by Gasteiger charge is -2.37. The summed E-state index contributed by atoms with van der Waals surface area (Å²) in [4.78, 5) is 20.5. The fourth-order valence-electron chi connectivity index (χ4n) is 3.94. The smallest absolute Gasteiger partial charge is 0.250 e. The second-order valence-electron chi connectivity index (χ2n) is 8.03. The van der Waals surface area contributed by atoms with Crippen LogP contribution in [0.25, 0.3) is 10.8 Å². The molecule has 1 aliphatic rings. The van der Waals surface area contributed by atoms with Crippen molar-refractivity contribution in [3.63, 3.8) is 0 Å². The lowest BCUT2D eigenvalue weighted by Crippen LogP contribution is -2.48. The quantitative estimate of drug-likeness (QED) is 0.679. The number of amides is 1. The highest BCUT2D eigenvalue weighted by molar-refractivity contribution is 5.92. The van der Waals surface area contributed by atoms with Gasteiger partial charge in [-0.1, -0.05) is 30.3 Å². The van der Waals surface area contributed by atoms with Gasteiger partial charge in [-0.25, -0.2) is 4.98 Å². The molecule has 0 saturated carbocycles. The number of hydrogen-bond donors (Lipinski definition) is 1. The molecule has 1 amide bonds. The maximum absolute atomic E-state index is 11.2. The molecule has 0 aliphatic carbocycles. The molecule has 30 heavy (non-hydrogen) atoms. The number of fused-ring (bicyclic) bond motifs is 1. The summed E-state index contributed by atoms with van der Waals surface area (Å²) in [6.07, 6.45) is 1.44. The number of nitrogens with two attached hydrogens (primary N) is 1. The molecule has 0 unspecified atom stereocenters. The van der Waals surface area contributed by atoms with E-state index in [0.29, 0.717) is 17.5 Å². The number of aromatic nitrogens is 1. The van der Waals surface area contributed by atoms with Gasteiger partial charge in [0.2, 0.25) is 11.8 Å². The highest BCUT2D eigenvalue weighted by Gasteiger charge is 2.19. The van der Waals surface area contributed by atoms with Gasteiger partial charge < -0.3 is 10.5 Å². The molecule has 1 aliphatic heterocycles. The van der Waals surface area contributed by atoms with E-state index in [-0.39, 0.29) is 0 Å². The van der Waals surface area contributed by atoms with Gasteiger partial charge in [0, 0.05) is 56.4 Å². The van der Waals surface area contributed by atoms with Crippen molar-refractivity contribution in [1.29, 1.82) is 0 Å². The molecular formula is C24H28N4O2. The summed E-state index contributed by atoms with van der Waals surface area (Å²) in [5, 5.41) is 2.24. The Balaban J connectivity index is 1.54. The maximum atomic E-state index is 11.2. The number of nitrogens with zero attached hydrogens (tertiary/aromatic N) is 3. The Labute approximate surface area is 177 Å². The summed E-state index contributed by atoms with van der Waals surface area (Å²) in [6.45, 7) is 9.85. The standard InChI is InChI=1S/C24H28N4O2/c1-17(2)28-13-11-27(12-14-28)16-19-7-9-22(21-6-4-3-5-20(19)21)30-23-10-8-18(15-26-23)24(25)29/h3-10,15,17H,11-14,16H2,1-2H3,(H2,25,29). The van der Waals surface area contributed by atoms with Crippen molar-refractivity contribution < 1.29 is 9.53 Å². The van der Waals surface area contributed by atoms with Crippen molar-refractivity contribution in [3.8, 4) is 11.6 Å². The van der Waals surface area contributed by atoms with Gasteiger partial charge in [0.1, 0.15) is 5.75 Å². The monoisotopic (exact) mass is 404 g/mol. The Bertz CT molecular complexity index is 1030. The Morgan fingerprint density at radius 2 is 1.77 bits per heavy atom. The van der Waals surface area contributed by atoms with Gasteiger partial charge in [-0.2, -0.15) is 0 Å². The summed E-state index contributed by atoms with van der Waals surface area (Å²) in [5.74, 6) is 0.680. The van der Waals surface area contributed by atoms with Gasteiger partial charge >= 0.3 is 0 Å². The average Bonchev–Trinajstić information content (AvgIpc) is 2.76. The fourth-order valence-corrected chi connectivity index (χ4v) is 3.94. The zero-order valence-corrected chi connectivity index (χ0v) is 17.5. The van der Waals surface area contributed by atoms with Gasteiger partial charge in [-0.05, 0) is 36.9 Å². The number of ether oxygens (including phenoxy) is 1. The van der Waals surface area contributed by atoms with Crippen LogP contribution in [-0.4, -0.2) is 52.9 Å². The van der Waals surface area contributed by atoms with E-state index in [1.807, 2.05) is 12.1 Å². The zero-order chi connectivity index (χ0) is 21.1.